The zero-order chi connectivity index (χ0) is 19.5. The number of carbonyl (C=O) groups is 3. The molecule has 2 aromatic carbocycles. The van der Waals surface area contributed by atoms with Crippen molar-refractivity contribution in [2.24, 2.45) is 0 Å². The lowest BCUT2D eigenvalue weighted by Gasteiger charge is -2.19. The van der Waals surface area contributed by atoms with Gasteiger partial charge in [-0.05, 0) is 36.2 Å². The minimum absolute atomic E-state index is 0.0716. The van der Waals surface area contributed by atoms with Crippen LogP contribution < -0.4 is 14.8 Å². The van der Waals surface area contributed by atoms with Gasteiger partial charge in [-0.15, -0.1) is 0 Å². The number of hydrogen-bond donors (Lipinski definition) is 1. The van der Waals surface area contributed by atoms with Crippen LogP contribution in [-0.2, 0) is 11.2 Å². The third kappa shape index (κ3) is 3.55. The summed E-state index contributed by atoms with van der Waals surface area (Å²) in [6.07, 6.45) is 0.724. The van der Waals surface area contributed by atoms with E-state index in [1.807, 2.05) is 18.2 Å². The molecule has 0 radical (unpaired) electrons. The van der Waals surface area contributed by atoms with E-state index in [4.69, 9.17) is 9.47 Å². The predicted molar refractivity (Wildman–Crippen MR) is 101 cm³/mol. The van der Waals surface area contributed by atoms with Gasteiger partial charge < -0.3 is 14.8 Å². The number of ether oxygens (including phenoxy) is 2. The molecule has 144 valence electrons. The topological polar surface area (TPSA) is 84.9 Å². The molecule has 3 amide bonds. The first-order chi connectivity index (χ1) is 13.6. The van der Waals surface area contributed by atoms with Crippen LogP contribution in [0.2, 0.25) is 0 Å². The molecule has 4 rings (SSSR count). The number of nitrogens with one attached hydrogen (secondary N) is 1. The maximum atomic E-state index is 12.3. The minimum Gasteiger partial charge on any atom is -0.486 e. The maximum Gasteiger partial charge on any atom is 0.261 e. The summed E-state index contributed by atoms with van der Waals surface area (Å²) in [5.74, 6) is 0.573. The van der Waals surface area contributed by atoms with Gasteiger partial charge >= 0.3 is 0 Å². The summed E-state index contributed by atoms with van der Waals surface area (Å²) in [6, 6.07) is 12.4. The van der Waals surface area contributed by atoms with Gasteiger partial charge in [-0.25, -0.2) is 0 Å². The molecule has 2 aliphatic rings. The Morgan fingerprint density at radius 1 is 0.964 bits per heavy atom. The molecule has 0 unspecified atom stereocenters. The van der Waals surface area contributed by atoms with Crippen LogP contribution in [0.1, 0.15) is 32.7 Å². The molecular weight excluding hydrogens is 360 g/mol. The van der Waals surface area contributed by atoms with Gasteiger partial charge in [0.15, 0.2) is 11.5 Å². The second-order valence-electron chi connectivity index (χ2n) is 6.64. The van der Waals surface area contributed by atoms with E-state index in [0.29, 0.717) is 37.3 Å². The average Bonchev–Trinajstić information content (AvgIpc) is 2.97. The SMILES string of the molecule is O=C(CCN1C(=O)c2ccccc2C1=O)NCCc1ccc2c(c1)OCCO2. The van der Waals surface area contributed by atoms with Crippen LogP contribution in [0.3, 0.4) is 0 Å². The summed E-state index contributed by atoms with van der Waals surface area (Å²) < 4.78 is 11.0. The highest BCUT2D eigenvalue weighted by atomic mass is 16.6. The molecule has 7 nitrogen and oxygen atoms in total. The Labute approximate surface area is 162 Å². The highest BCUT2D eigenvalue weighted by Gasteiger charge is 2.34. The van der Waals surface area contributed by atoms with Gasteiger partial charge in [0, 0.05) is 19.5 Å². The van der Waals surface area contributed by atoms with Crippen molar-refractivity contribution in [2.45, 2.75) is 12.8 Å². The Bertz CT molecular complexity index is 905. The molecule has 2 aromatic rings. The molecule has 2 heterocycles. The number of amides is 3. The lowest BCUT2D eigenvalue weighted by atomic mass is 10.1. The van der Waals surface area contributed by atoms with Crippen LogP contribution in [0.15, 0.2) is 42.5 Å². The van der Waals surface area contributed by atoms with Crippen molar-refractivity contribution in [3.05, 3.63) is 59.2 Å². The van der Waals surface area contributed by atoms with Crippen molar-refractivity contribution in [1.82, 2.24) is 10.2 Å². The van der Waals surface area contributed by atoms with Crippen molar-refractivity contribution in [3.63, 3.8) is 0 Å². The molecule has 0 atom stereocenters. The standard InChI is InChI=1S/C21H20N2O5/c24-19(8-10-23-20(25)15-3-1-2-4-16(15)21(23)26)22-9-7-14-5-6-17-18(13-14)28-12-11-27-17/h1-6,13H,7-12H2,(H,22,24). The van der Waals surface area contributed by atoms with E-state index in [1.165, 1.54) is 0 Å². The van der Waals surface area contributed by atoms with E-state index in [-0.39, 0.29) is 30.7 Å². The Hall–Kier alpha value is -3.35. The molecule has 0 bridgehead atoms. The van der Waals surface area contributed by atoms with Crippen LogP contribution in [0.5, 0.6) is 11.5 Å². The summed E-state index contributed by atoms with van der Waals surface area (Å²) in [7, 11) is 0. The molecule has 1 N–H and O–H groups in total. The van der Waals surface area contributed by atoms with E-state index >= 15 is 0 Å². The van der Waals surface area contributed by atoms with Crippen LogP contribution in [-0.4, -0.2) is 48.9 Å². The second-order valence-corrected chi connectivity index (χ2v) is 6.64. The van der Waals surface area contributed by atoms with Gasteiger partial charge in [0.05, 0.1) is 11.1 Å². The van der Waals surface area contributed by atoms with E-state index < -0.39 is 0 Å². The van der Waals surface area contributed by atoms with Crippen molar-refractivity contribution in [2.75, 3.05) is 26.3 Å². The number of rotatable bonds is 6. The van der Waals surface area contributed by atoms with Gasteiger partial charge in [-0.2, -0.15) is 0 Å². The summed E-state index contributed by atoms with van der Waals surface area (Å²) in [5.41, 5.74) is 1.82. The fourth-order valence-corrected chi connectivity index (χ4v) is 3.33. The van der Waals surface area contributed by atoms with E-state index in [9.17, 15) is 14.4 Å². The zero-order valence-electron chi connectivity index (χ0n) is 15.3. The summed E-state index contributed by atoms with van der Waals surface area (Å²) in [5, 5.41) is 2.83. The number of hydrogen-bond acceptors (Lipinski definition) is 5. The normalized spacial score (nSPS) is 14.8. The van der Waals surface area contributed by atoms with Crippen molar-refractivity contribution in [1.29, 1.82) is 0 Å². The number of imide groups is 1. The van der Waals surface area contributed by atoms with E-state index in [0.717, 1.165) is 22.0 Å². The molecule has 0 spiro atoms. The van der Waals surface area contributed by atoms with Crippen molar-refractivity contribution >= 4 is 17.7 Å². The Kier molecular flexibility index (Phi) is 4.97. The highest BCUT2D eigenvalue weighted by molar-refractivity contribution is 6.21. The van der Waals surface area contributed by atoms with Gasteiger partial charge in [0.25, 0.3) is 11.8 Å². The first kappa shape index (κ1) is 18.0. The fraction of sp³-hybridized carbons (Fsp3) is 0.286. The van der Waals surface area contributed by atoms with Gasteiger partial charge in [0.1, 0.15) is 13.2 Å². The zero-order valence-corrected chi connectivity index (χ0v) is 15.3. The third-order valence-corrected chi connectivity index (χ3v) is 4.78. The number of nitrogens with zero attached hydrogens (tertiary/aromatic N) is 1. The van der Waals surface area contributed by atoms with Crippen LogP contribution in [0.25, 0.3) is 0 Å². The summed E-state index contributed by atoms with van der Waals surface area (Å²) in [4.78, 5) is 37.8. The van der Waals surface area contributed by atoms with Crippen molar-refractivity contribution in [3.8, 4) is 11.5 Å². The van der Waals surface area contributed by atoms with Gasteiger partial charge in [-0.3, -0.25) is 19.3 Å². The first-order valence-electron chi connectivity index (χ1n) is 9.24. The second kappa shape index (κ2) is 7.72. The molecule has 7 heteroatoms. The molecule has 0 aromatic heterocycles. The number of carbonyl (C=O) groups excluding carboxylic acids is 3. The minimum atomic E-state index is -0.343. The molecule has 0 saturated carbocycles. The lowest BCUT2D eigenvalue weighted by Crippen LogP contribution is -2.35. The number of fused-ring (bicyclic) bond motifs is 2. The fourth-order valence-electron chi connectivity index (χ4n) is 3.33. The summed E-state index contributed by atoms with van der Waals surface area (Å²) >= 11 is 0. The van der Waals surface area contributed by atoms with E-state index in [2.05, 4.69) is 5.32 Å². The van der Waals surface area contributed by atoms with E-state index in [1.54, 1.807) is 24.3 Å². The molecule has 2 aliphatic heterocycles. The van der Waals surface area contributed by atoms with Crippen LogP contribution >= 0.6 is 0 Å². The Morgan fingerprint density at radius 3 is 2.36 bits per heavy atom. The Morgan fingerprint density at radius 2 is 1.64 bits per heavy atom. The highest BCUT2D eigenvalue weighted by Crippen LogP contribution is 2.30. The van der Waals surface area contributed by atoms with Crippen LogP contribution in [0.4, 0.5) is 0 Å². The molecule has 0 saturated heterocycles. The smallest absolute Gasteiger partial charge is 0.261 e. The molecule has 0 fully saturated rings. The largest absolute Gasteiger partial charge is 0.486 e. The number of benzene rings is 2. The Balaban J connectivity index is 1.25. The predicted octanol–water partition coefficient (Wildman–Crippen LogP) is 1.80. The van der Waals surface area contributed by atoms with Crippen LogP contribution in [0, 0.1) is 0 Å². The summed E-state index contributed by atoms with van der Waals surface area (Å²) in [6.45, 7) is 1.61. The molecule has 28 heavy (non-hydrogen) atoms. The van der Waals surface area contributed by atoms with Gasteiger partial charge in [0.2, 0.25) is 5.91 Å². The monoisotopic (exact) mass is 380 g/mol. The quantitative estimate of drug-likeness (QED) is 0.773. The average molecular weight is 380 g/mol. The lowest BCUT2D eigenvalue weighted by molar-refractivity contribution is -0.121. The molecule has 0 aliphatic carbocycles. The third-order valence-electron chi connectivity index (χ3n) is 4.78. The maximum absolute atomic E-state index is 12.3. The van der Waals surface area contributed by atoms with Gasteiger partial charge in [-0.1, -0.05) is 18.2 Å². The molecular formula is C21H20N2O5. The first-order valence-corrected chi connectivity index (χ1v) is 9.24. The van der Waals surface area contributed by atoms with Crippen molar-refractivity contribution < 1.29 is 23.9 Å².